The Morgan fingerprint density at radius 3 is 2.29 bits per heavy atom. The molecule has 0 aliphatic carbocycles. The van der Waals surface area contributed by atoms with Gasteiger partial charge in [0.05, 0.1) is 24.5 Å². The van der Waals surface area contributed by atoms with Crippen molar-refractivity contribution in [3.05, 3.63) is 91.3 Å². The molecule has 0 aliphatic rings. The first-order chi connectivity index (χ1) is 14.9. The Hall–Kier alpha value is -2.68. The van der Waals surface area contributed by atoms with E-state index in [-0.39, 0.29) is 5.75 Å². The molecule has 0 atom stereocenters. The third-order valence-electron chi connectivity index (χ3n) is 4.03. The molecule has 3 aromatic rings. The summed E-state index contributed by atoms with van der Waals surface area (Å²) in [6, 6.07) is 16.5. The van der Waals surface area contributed by atoms with E-state index in [0.29, 0.717) is 27.5 Å². The van der Waals surface area contributed by atoms with E-state index in [0.717, 1.165) is 8.95 Å². The second kappa shape index (κ2) is 10.6. The largest absolute Gasteiger partial charge is 0.496 e. The quantitative estimate of drug-likeness (QED) is 0.176. The zero-order valence-electron chi connectivity index (χ0n) is 16.1. The fraction of sp³-hybridized carbons (Fsp3) is 0.0455. The number of esters is 1. The Labute approximate surface area is 200 Å². The van der Waals surface area contributed by atoms with Gasteiger partial charge in [-0.05, 0) is 60.7 Å². The van der Waals surface area contributed by atoms with Crippen molar-refractivity contribution in [3.63, 3.8) is 0 Å². The maximum Gasteiger partial charge on any atom is 0.343 e. The predicted molar refractivity (Wildman–Crippen MR) is 126 cm³/mol. The van der Waals surface area contributed by atoms with Crippen LogP contribution < -0.4 is 14.9 Å². The summed E-state index contributed by atoms with van der Waals surface area (Å²) in [6.07, 6.45) is 1.39. The molecule has 9 heteroatoms. The fourth-order valence-electron chi connectivity index (χ4n) is 2.54. The number of hydrazone groups is 1. The maximum absolute atomic E-state index is 12.5. The molecular formula is C22H15Br2ClN2O4. The van der Waals surface area contributed by atoms with Crippen LogP contribution in [0.5, 0.6) is 11.5 Å². The number of ether oxygens (including phenoxy) is 2. The molecule has 6 nitrogen and oxygen atoms in total. The van der Waals surface area contributed by atoms with Gasteiger partial charge in [0.15, 0.2) is 0 Å². The number of rotatable bonds is 6. The number of carbonyl (C=O) groups excluding carboxylic acids is 2. The molecule has 0 bridgehead atoms. The third-order valence-corrected chi connectivity index (χ3v) is 5.27. The van der Waals surface area contributed by atoms with Gasteiger partial charge in [-0.2, -0.15) is 5.10 Å². The smallest absolute Gasteiger partial charge is 0.343 e. The van der Waals surface area contributed by atoms with Gasteiger partial charge in [-0.15, -0.1) is 0 Å². The van der Waals surface area contributed by atoms with Gasteiger partial charge < -0.3 is 9.47 Å². The number of halogens is 3. The first-order valence-corrected chi connectivity index (χ1v) is 10.8. The number of methoxy groups -OCH3 is 1. The maximum atomic E-state index is 12.5. The highest BCUT2D eigenvalue weighted by Crippen LogP contribution is 2.24. The van der Waals surface area contributed by atoms with Crippen LogP contribution in [0.25, 0.3) is 0 Å². The first-order valence-electron chi connectivity index (χ1n) is 8.81. The van der Waals surface area contributed by atoms with Crippen LogP contribution in [0.2, 0.25) is 5.02 Å². The number of hydrogen-bond acceptors (Lipinski definition) is 5. The molecule has 1 amide bonds. The number of carbonyl (C=O) groups is 2. The lowest BCUT2D eigenvalue weighted by Gasteiger charge is -2.09. The lowest BCUT2D eigenvalue weighted by Crippen LogP contribution is -2.18. The highest BCUT2D eigenvalue weighted by molar-refractivity contribution is 9.10. The molecule has 3 rings (SSSR count). The van der Waals surface area contributed by atoms with Crippen LogP contribution >= 0.6 is 43.5 Å². The highest BCUT2D eigenvalue weighted by atomic mass is 79.9. The normalized spacial score (nSPS) is 10.7. The summed E-state index contributed by atoms with van der Waals surface area (Å²) in [5.74, 6) is -0.308. The van der Waals surface area contributed by atoms with Crippen LogP contribution in [0.3, 0.4) is 0 Å². The summed E-state index contributed by atoms with van der Waals surface area (Å²) >= 11 is 12.6. The van der Waals surface area contributed by atoms with Gasteiger partial charge in [-0.1, -0.05) is 43.5 Å². The summed E-state index contributed by atoms with van der Waals surface area (Å²) in [5, 5.41) is 4.51. The Bertz CT molecular complexity index is 1150. The molecule has 0 spiro atoms. The SMILES string of the molecule is COc1ccc(Br)cc1C(=O)N/N=C/c1cc(Br)ccc1OC(=O)c1ccc(Cl)cc1. The van der Waals surface area contributed by atoms with E-state index < -0.39 is 11.9 Å². The number of hydrogen-bond donors (Lipinski definition) is 1. The Kier molecular flexibility index (Phi) is 7.84. The van der Waals surface area contributed by atoms with Crippen LogP contribution in [0, 0.1) is 0 Å². The van der Waals surface area contributed by atoms with Gasteiger partial charge in [-0.25, -0.2) is 10.2 Å². The van der Waals surface area contributed by atoms with E-state index in [2.05, 4.69) is 42.4 Å². The van der Waals surface area contributed by atoms with Crippen molar-refractivity contribution in [2.24, 2.45) is 5.10 Å². The zero-order chi connectivity index (χ0) is 22.4. The Morgan fingerprint density at radius 2 is 1.61 bits per heavy atom. The average molecular weight is 567 g/mol. The Balaban J connectivity index is 1.77. The van der Waals surface area contributed by atoms with Crippen molar-refractivity contribution < 1.29 is 19.1 Å². The molecule has 0 radical (unpaired) electrons. The summed E-state index contributed by atoms with van der Waals surface area (Å²) < 4.78 is 12.2. The highest BCUT2D eigenvalue weighted by Gasteiger charge is 2.14. The van der Waals surface area contributed by atoms with Crippen LogP contribution in [0.15, 0.2) is 74.7 Å². The minimum absolute atomic E-state index is 0.279. The van der Waals surface area contributed by atoms with Gasteiger partial charge >= 0.3 is 5.97 Å². The minimum Gasteiger partial charge on any atom is -0.496 e. The topological polar surface area (TPSA) is 77.0 Å². The second-order valence-electron chi connectivity index (χ2n) is 6.12. The summed E-state index contributed by atoms with van der Waals surface area (Å²) in [5.41, 5.74) is 3.60. The number of benzene rings is 3. The number of nitrogens with one attached hydrogen (secondary N) is 1. The summed E-state index contributed by atoms with van der Waals surface area (Å²) in [4.78, 5) is 24.9. The van der Waals surface area contributed by atoms with Gasteiger partial charge in [0, 0.05) is 19.5 Å². The molecule has 0 saturated heterocycles. The van der Waals surface area contributed by atoms with Crippen LogP contribution in [-0.4, -0.2) is 25.2 Å². The van der Waals surface area contributed by atoms with Crippen LogP contribution in [0.1, 0.15) is 26.3 Å². The van der Waals surface area contributed by atoms with E-state index in [1.54, 1.807) is 60.7 Å². The second-order valence-corrected chi connectivity index (χ2v) is 8.39. The van der Waals surface area contributed by atoms with Crippen LogP contribution in [-0.2, 0) is 0 Å². The van der Waals surface area contributed by atoms with E-state index in [4.69, 9.17) is 21.1 Å². The van der Waals surface area contributed by atoms with Crippen molar-refractivity contribution in [2.75, 3.05) is 7.11 Å². The van der Waals surface area contributed by atoms with Crippen molar-refractivity contribution >= 4 is 61.6 Å². The number of amides is 1. The number of nitrogens with zero attached hydrogens (tertiary/aromatic N) is 1. The van der Waals surface area contributed by atoms with E-state index in [1.807, 2.05) is 0 Å². The van der Waals surface area contributed by atoms with Crippen molar-refractivity contribution in [2.45, 2.75) is 0 Å². The fourth-order valence-corrected chi connectivity index (χ4v) is 3.40. The molecule has 158 valence electrons. The predicted octanol–water partition coefficient (Wildman–Crippen LogP) is 5.86. The van der Waals surface area contributed by atoms with Gasteiger partial charge in [0.1, 0.15) is 11.5 Å². The minimum atomic E-state index is -0.545. The average Bonchev–Trinajstić information content (AvgIpc) is 2.75. The first kappa shape index (κ1) is 23.0. The molecule has 0 aliphatic heterocycles. The zero-order valence-corrected chi connectivity index (χ0v) is 20.0. The van der Waals surface area contributed by atoms with E-state index in [1.165, 1.54) is 13.3 Å². The lowest BCUT2D eigenvalue weighted by molar-refractivity contribution is 0.0734. The third kappa shape index (κ3) is 6.16. The summed E-state index contributed by atoms with van der Waals surface area (Å²) in [7, 11) is 1.48. The Morgan fingerprint density at radius 1 is 0.968 bits per heavy atom. The molecular weight excluding hydrogens is 552 g/mol. The van der Waals surface area contributed by atoms with Gasteiger partial charge in [0.25, 0.3) is 5.91 Å². The van der Waals surface area contributed by atoms with Gasteiger partial charge in [-0.3, -0.25) is 4.79 Å². The molecule has 1 N–H and O–H groups in total. The molecule has 31 heavy (non-hydrogen) atoms. The monoisotopic (exact) mass is 564 g/mol. The summed E-state index contributed by atoms with van der Waals surface area (Å²) in [6.45, 7) is 0. The van der Waals surface area contributed by atoms with E-state index in [9.17, 15) is 9.59 Å². The molecule has 0 fully saturated rings. The van der Waals surface area contributed by atoms with E-state index >= 15 is 0 Å². The molecule has 0 saturated carbocycles. The molecule has 3 aromatic carbocycles. The standard InChI is InChI=1S/C22H15Br2ClN2O4/c1-30-20-9-5-16(24)11-18(20)21(28)27-26-12-14-10-15(23)4-8-19(14)31-22(29)13-2-6-17(25)7-3-13/h2-12H,1H3,(H,27,28)/b26-12+. The van der Waals surface area contributed by atoms with Crippen molar-refractivity contribution in [1.29, 1.82) is 0 Å². The lowest BCUT2D eigenvalue weighted by atomic mass is 10.2. The molecule has 0 aromatic heterocycles. The van der Waals surface area contributed by atoms with Crippen LogP contribution in [0.4, 0.5) is 0 Å². The van der Waals surface area contributed by atoms with Gasteiger partial charge in [0.2, 0.25) is 0 Å². The molecule has 0 unspecified atom stereocenters. The van der Waals surface area contributed by atoms with Crippen molar-refractivity contribution in [3.8, 4) is 11.5 Å². The van der Waals surface area contributed by atoms with Crippen molar-refractivity contribution in [1.82, 2.24) is 5.43 Å². The molecule has 0 heterocycles.